The Kier molecular flexibility index (Phi) is 4.02. The summed E-state index contributed by atoms with van der Waals surface area (Å²) in [6, 6.07) is 23.8. The molecule has 3 aromatic carbocycles. The first-order chi connectivity index (χ1) is 11.2. The van der Waals surface area contributed by atoms with Crippen LogP contribution in [0.15, 0.2) is 78.9 Å². The van der Waals surface area contributed by atoms with E-state index in [1.54, 1.807) is 42.5 Å². The predicted octanol–water partition coefficient (Wildman–Crippen LogP) is 3.73. The molecule has 0 amide bonds. The predicted molar refractivity (Wildman–Crippen MR) is 90.6 cm³/mol. The van der Waals surface area contributed by atoms with Crippen molar-refractivity contribution >= 4 is 17.3 Å². The van der Waals surface area contributed by atoms with E-state index in [-0.39, 0.29) is 11.6 Å². The minimum Gasteiger partial charge on any atom is -0.398 e. The van der Waals surface area contributed by atoms with Crippen molar-refractivity contribution in [3.8, 4) is 0 Å². The standard InChI is InChI=1S/C14H9NO2.C6H6/c15-11-7-3-6-10-12(11)14(17)9-5-2-1-4-8(9)13(10)16;1-2-4-6-5-3-1/h1-7H,15H2;1-6H. The summed E-state index contributed by atoms with van der Waals surface area (Å²) in [5, 5.41) is 0. The molecule has 0 aromatic heterocycles. The molecule has 3 aromatic rings. The number of nitrogen functional groups attached to an aromatic ring is 1. The maximum atomic E-state index is 12.2. The SMILES string of the molecule is Nc1cccc2c1C(=O)c1ccccc1C2=O.c1ccccc1. The maximum absolute atomic E-state index is 12.2. The highest BCUT2D eigenvalue weighted by molar-refractivity contribution is 6.29. The molecule has 23 heavy (non-hydrogen) atoms. The van der Waals surface area contributed by atoms with Gasteiger partial charge in [0.1, 0.15) is 0 Å². The fourth-order valence-electron chi connectivity index (χ4n) is 2.56. The molecular weight excluding hydrogens is 286 g/mol. The van der Waals surface area contributed by atoms with Gasteiger partial charge >= 0.3 is 0 Å². The monoisotopic (exact) mass is 301 g/mol. The third-order valence-corrected chi connectivity index (χ3v) is 3.65. The van der Waals surface area contributed by atoms with Gasteiger partial charge in [0.2, 0.25) is 0 Å². The van der Waals surface area contributed by atoms with Crippen molar-refractivity contribution in [2.24, 2.45) is 0 Å². The number of rotatable bonds is 0. The molecule has 2 N–H and O–H groups in total. The summed E-state index contributed by atoms with van der Waals surface area (Å²) in [6.07, 6.45) is 0. The van der Waals surface area contributed by atoms with E-state index < -0.39 is 0 Å². The lowest BCUT2D eigenvalue weighted by molar-refractivity contribution is 0.0979. The van der Waals surface area contributed by atoms with Crippen molar-refractivity contribution in [2.75, 3.05) is 5.73 Å². The molecule has 3 nitrogen and oxygen atoms in total. The smallest absolute Gasteiger partial charge is 0.196 e. The summed E-state index contributed by atoms with van der Waals surface area (Å²) >= 11 is 0. The number of ketones is 2. The normalized spacial score (nSPS) is 11.8. The van der Waals surface area contributed by atoms with Crippen LogP contribution in [-0.4, -0.2) is 11.6 Å². The third-order valence-electron chi connectivity index (χ3n) is 3.65. The second-order valence-corrected chi connectivity index (χ2v) is 5.13. The maximum Gasteiger partial charge on any atom is 0.196 e. The highest BCUT2D eigenvalue weighted by Crippen LogP contribution is 2.30. The van der Waals surface area contributed by atoms with Crippen LogP contribution in [0.25, 0.3) is 0 Å². The van der Waals surface area contributed by atoms with E-state index in [1.165, 1.54) is 0 Å². The summed E-state index contributed by atoms with van der Waals surface area (Å²) in [6.45, 7) is 0. The molecule has 0 radical (unpaired) electrons. The lowest BCUT2D eigenvalue weighted by Crippen LogP contribution is -2.22. The summed E-state index contributed by atoms with van der Waals surface area (Å²) in [7, 11) is 0. The summed E-state index contributed by atoms with van der Waals surface area (Å²) < 4.78 is 0. The van der Waals surface area contributed by atoms with Crippen molar-refractivity contribution in [1.29, 1.82) is 0 Å². The second kappa shape index (κ2) is 6.28. The molecule has 0 atom stereocenters. The molecule has 1 aliphatic rings. The van der Waals surface area contributed by atoms with Gasteiger partial charge in [0.15, 0.2) is 11.6 Å². The fourth-order valence-corrected chi connectivity index (χ4v) is 2.56. The van der Waals surface area contributed by atoms with Crippen LogP contribution in [0.3, 0.4) is 0 Å². The average molecular weight is 301 g/mol. The molecule has 0 aliphatic heterocycles. The minimum atomic E-state index is -0.173. The van der Waals surface area contributed by atoms with Crippen LogP contribution in [0, 0.1) is 0 Å². The zero-order valence-electron chi connectivity index (χ0n) is 12.4. The molecule has 0 spiro atoms. The topological polar surface area (TPSA) is 60.2 Å². The molecule has 4 rings (SSSR count). The van der Waals surface area contributed by atoms with Crippen molar-refractivity contribution in [3.05, 3.63) is 101 Å². The Morgan fingerprint density at radius 2 is 1.00 bits per heavy atom. The first-order valence-corrected chi connectivity index (χ1v) is 7.27. The second-order valence-electron chi connectivity index (χ2n) is 5.13. The zero-order valence-corrected chi connectivity index (χ0v) is 12.4. The minimum absolute atomic E-state index is 0.137. The number of carbonyl (C=O) groups excluding carboxylic acids is 2. The van der Waals surface area contributed by atoms with E-state index in [0.29, 0.717) is 27.9 Å². The van der Waals surface area contributed by atoms with Crippen molar-refractivity contribution < 1.29 is 9.59 Å². The van der Waals surface area contributed by atoms with Crippen LogP contribution in [0.5, 0.6) is 0 Å². The van der Waals surface area contributed by atoms with Crippen LogP contribution < -0.4 is 5.73 Å². The van der Waals surface area contributed by atoms with Crippen LogP contribution in [-0.2, 0) is 0 Å². The van der Waals surface area contributed by atoms with Crippen molar-refractivity contribution in [3.63, 3.8) is 0 Å². The van der Waals surface area contributed by atoms with Gasteiger partial charge in [-0.25, -0.2) is 0 Å². The van der Waals surface area contributed by atoms with Crippen LogP contribution >= 0.6 is 0 Å². The molecule has 3 heteroatoms. The summed E-state index contributed by atoms with van der Waals surface area (Å²) in [4.78, 5) is 24.4. The molecular formula is C20H15NO2. The lowest BCUT2D eigenvalue weighted by atomic mass is 9.83. The molecule has 1 aliphatic carbocycles. The molecule has 112 valence electrons. The van der Waals surface area contributed by atoms with Crippen LogP contribution in [0.2, 0.25) is 0 Å². The lowest BCUT2D eigenvalue weighted by Gasteiger charge is -2.18. The van der Waals surface area contributed by atoms with E-state index in [1.807, 2.05) is 36.4 Å². The fraction of sp³-hybridized carbons (Fsp3) is 0. The highest BCUT2D eigenvalue weighted by atomic mass is 16.1. The van der Waals surface area contributed by atoms with Crippen LogP contribution in [0.4, 0.5) is 5.69 Å². The van der Waals surface area contributed by atoms with Crippen molar-refractivity contribution in [1.82, 2.24) is 0 Å². The van der Waals surface area contributed by atoms with E-state index in [9.17, 15) is 9.59 Å². The number of hydrogen-bond donors (Lipinski definition) is 1. The Balaban J connectivity index is 0.000000220. The number of hydrogen-bond acceptors (Lipinski definition) is 3. The molecule has 0 unspecified atom stereocenters. The molecule has 0 bridgehead atoms. The Hall–Kier alpha value is -3.20. The molecule has 0 saturated carbocycles. The molecule has 0 heterocycles. The Labute approximate surface area is 134 Å². The van der Waals surface area contributed by atoms with Gasteiger partial charge in [-0.1, -0.05) is 72.8 Å². The van der Waals surface area contributed by atoms with Crippen molar-refractivity contribution in [2.45, 2.75) is 0 Å². The van der Waals surface area contributed by atoms with Gasteiger partial charge < -0.3 is 5.73 Å². The van der Waals surface area contributed by atoms with E-state index in [2.05, 4.69) is 0 Å². The number of anilines is 1. The third kappa shape index (κ3) is 2.77. The van der Waals surface area contributed by atoms with Crippen LogP contribution in [0.1, 0.15) is 31.8 Å². The largest absolute Gasteiger partial charge is 0.398 e. The van der Waals surface area contributed by atoms with Gasteiger partial charge in [-0.05, 0) is 6.07 Å². The average Bonchev–Trinajstić information content (AvgIpc) is 2.61. The first-order valence-electron chi connectivity index (χ1n) is 7.27. The van der Waals surface area contributed by atoms with E-state index in [0.717, 1.165) is 0 Å². The quantitative estimate of drug-likeness (QED) is 0.503. The number of fused-ring (bicyclic) bond motifs is 2. The van der Waals surface area contributed by atoms with E-state index >= 15 is 0 Å². The Bertz CT molecular complexity index is 843. The van der Waals surface area contributed by atoms with Gasteiger partial charge in [-0.2, -0.15) is 0 Å². The van der Waals surface area contributed by atoms with Gasteiger partial charge in [-0.3, -0.25) is 9.59 Å². The Morgan fingerprint density at radius 1 is 0.522 bits per heavy atom. The number of benzene rings is 3. The van der Waals surface area contributed by atoms with Gasteiger partial charge in [0, 0.05) is 22.4 Å². The summed E-state index contributed by atoms with van der Waals surface area (Å²) in [5.41, 5.74) is 7.75. The zero-order chi connectivity index (χ0) is 16.2. The van der Waals surface area contributed by atoms with Gasteiger partial charge in [0.25, 0.3) is 0 Å². The van der Waals surface area contributed by atoms with Gasteiger partial charge in [0.05, 0.1) is 5.56 Å². The first kappa shape index (κ1) is 14.7. The summed E-state index contributed by atoms with van der Waals surface area (Å²) in [5.74, 6) is -0.309. The van der Waals surface area contributed by atoms with Gasteiger partial charge in [-0.15, -0.1) is 0 Å². The number of nitrogens with two attached hydrogens (primary N) is 1. The molecule has 0 fully saturated rings. The molecule has 0 saturated heterocycles. The number of carbonyl (C=O) groups is 2. The Morgan fingerprint density at radius 3 is 1.57 bits per heavy atom. The van der Waals surface area contributed by atoms with E-state index in [4.69, 9.17) is 5.73 Å². The highest BCUT2D eigenvalue weighted by Gasteiger charge is 2.30.